The Bertz CT molecular complexity index is 2880. The van der Waals surface area contributed by atoms with Crippen LogP contribution in [0.1, 0.15) is 25.0 Å². The van der Waals surface area contributed by atoms with Gasteiger partial charge in [-0.1, -0.05) is 117 Å². The predicted octanol–water partition coefficient (Wildman–Crippen LogP) is 13.3. The molecule has 0 unspecified atom stereocenters. The van der Waals surface area contributed by atoms with Crippen molar-refractivity contribution in [2.75, 3.05) is 0 Å². The molecule has 0 spiro atoms. The van der Waals surface area contributed by atoms with Gasteiger partial charge in [-0.2, -0.15) is 0 Å². The lowest BCUT2D eigenvalue weighted by Crippen LogP contribution is -2.14. The number of benzene rings is 8. The fraction of sp³-hybridized carbons (Fsp3) is 0.0638. The fourth-order valence-electron chi connectivity index (χ4n) is 8.68. The van der Waals surface area contributed by atoms with Crippen LogP contribution in [0, 0.1) is 0 Å². The molecule has 2 heteroatoms. The topological polar surface area (TPSA) is 22.4 Å². The number of fused-ring (bicyclic) bond motifs is 9. The Labute approximate surface area is 283 Å². The quantitative estimate of drug-likeness (QED) is 0.190. The molecule has 0 saturated carbocycles. The van der Waals surface area contributed by atoms with E-state index < -0.39 is 0 Å². The third kappa shape index (κ3) is 3.66. The molecule has 0 fully saturated rings. The highest BCUT2D eigenvalue weighted by molar-refractivity contribution is 6.16. The van der Waals surface area contributed by atoms with Crippen molar-refractivity contribution in [3.05, 3.63) is 157 Å². The minimum Gasteiger partial charge on any atom is -0.456 e. The number of furan rings is 1. The van der Waals surface area contributed by atoms with Crippen LogP contribution in [0.3, 0.4) is 0 Å². The van der Waals surface area contributed by atoms with E-state index in [0.717, 1.165) is 55.5 Å². The number of rotatable bonds is 2. The summed E-state index contributed by atoms with van der Waals surface area (Å²) in [5.41, 5.74) is 14.3. The van der Waals surface area contributed by atoms with Gasteiger partial charge in [0.2, 0.25) is 0 Å². The Kier molecular flexibility index (Phi) is 5.21. The van der Waals surface area contributed by atoms with Gasteiger partial charge in [0.1, 0.15) is 22.7 Å². The minimum atomic E-state index is -0.0526. The molecule has 11 rings (SSSR count). The zero-order valence-electron chi connectivity index (χ0n) is 27.2. The minimum absolute atomic E-state index is 0.0526. The molecule has 0 amide bonds. The standard InChI is InChI=1S/C47H30O2/c1-47(2)39-15-6-5-11-33(39)34-19-17-30(25-40(34)47)31-20-22-43-46-35(31)13-7-14-36(46)37-24-29(18-21-41(37)48-43)32-12-8-16-42-45(32)38-23-27-9-3-4-10-28(27)26-44(38)49-42/h3-26H,1-2H3. The van der Waals surface area contributed by atoms with Crippen molar-refractivity contribution in [3.8, 4) is 56.0 Å². The summed E-state index contributed by atoms with van der Waals surface area (Å²) in [5, 5.41) is 7.03. The highest BCUT2D eigenvalue weighted by Gasteiger charge is 2.35. The van der Waals surface area contributed by atoms with E-state index in [-0.39, 0.29) is 5.41 Å². The summed E-state index contributed by atoms with van der Waals surface area (Å²) in [4.78, 5) is 0. The summed E-state index contributed by atoms with van der Waals surface area (Å²) >= 11 is 0. The van der Waals surface area contributed by atoms with Crippen LogP contribution in [0.2, 0.25) is 0 Å². The largest absolute Gasteiger partial charge is 0.456 e. The van der Waals surface area contributed by atoms with E-state index in [2.05, 4.69) is 159 Å². The summed E-state index contributed by atoms with van der Waals surface area (Å²) in [6, 6.07) is 52.7. The molecule has 0 saturated heterocycles. The van der Waals surface area contributed by atoms with Crippen molar-refractivity contribution in [1.29, 1.82) is 0 Å². The molecular formula is C47H30O2. The maximum atomic E-state index is 6.65. The maximum Gasteiger partial charge on any atom is 0.136 e. The average Bonchev–Trinajstić information content (AvgIpc) is 3.61. The second-order valence-corrected chi connectivity index (χ2v) is 14.1. The first-order valence-corrected chi connectivity index (χ1v) is 17.0. The molecule has 1 aliphatic carbocycles. The lowest BCUT2D eigenvalue weighted by Gasteiger charge is -2.24. The second-order valence-electron chi connectivity index (χ2n) is 14.1. The molecule has 2 heterocycles. The van der Waals surface area contributed by atoms with Gasteiger partial charge >= 0.3 is 0 Å². The normalized spacial score (nSPS) is 13.8. The second kappa shape index (κ2) is 9.49. The third-order valence-electron chi connectivity index (χ3n) is 11.1. The van der Waals surface area contributed by atoms with Gasteiger partial charge in [-0.25, -0.2) is 0 Å². The maximum absolute atomic E-state index is 6.65. The molecule has 230 valence electrons. The van der Waals surface area contributed by atoms with Crippen molar-refractivity contribution in [2.24, 2.45) is 0 Å². The number of hydrogen-bond donors (Lipinski definition) is 0. The zero-order valence-corrected chi connectivity index (χ0v) is 27.2. The van der Waals surface area contributed by atoms with Gasteiger partial charge in [0, 0.05) is 27.1 Å². The van der Waals surface area contributed by atoms with Gasteiger partial charge < -0.3 is 9.15 Å². The molecular weight excluding hydrogens is 597 g/mol. The lowest BCUT2D eigenvalue weighted by molar-refractivity contribution is 0.487. The van der Waals surface area contributed by atoms with Gasteiger partial charge in [0.15, 0.2) is 0 Å². The summed E-state index contributed by atoms with van der Waals surface area (Å²) in [5.74, 6) is 1.78. The van der Waals surface area contributed by atoms with Crippen LogP contribution in [0.5, 0.6) is 11.5 Å². The molecule has 49 heavy (non-hydrogen) atoms. The van der Waals surface area contributed by atoms with Crippen LogP contribution in [0.4, 0.5) is 0 Å². The first kappa shape index (κ1) is 26.9. The van der Waals surface area contributed by atoms with Crippen molar-refractivity contribution in [2.45, 2.75) is 19.3 Å². The first-order valence-electron chi connectivity index (χ1n) is 17.0. The highest BCUT2D eigenvalue weighted by atomic mass is 16.5. The monoisotopic (exact) mass is 626 g/mol. The Balaban J connectivity index is 1.08. The predicted molar refractivity (Wildman–Crippen MR) is 203 cm³/mol. The molecule has 0 bridgehead atoms. The van der Waals surface area contributed by atoms with E-state index in [4.69, 9.17) is 9.15 Å². The molecule has 1 aromatic heterocycles. The Morgan fingerprint density at radius 2 is 1.10 bits per heavy atom. The van der Waals surface area contributed by atoms with Crippen molar-refractivity contribution in [3.63, 3.8) is 0 Å². The van der Waals surface area contributed by atoms with E-state index in [1.54, 1.807) is 0 Å². The SMILES string of the molecule is CC1(C)c2ccccc2-c2ccc(-c3ccc4c5c(cccc35)-c3cc(-c5cccc6oc7cc8ccccc8cc7c56)ccc3O4)cc21. The lowest BCUT2D eigenvalue weighted by atomic mass is 9.81. The fourth-order valence-corrected chi connectivity index (χ4v) is 8.68. The van der Waals surface area contributed by atoms with Crippen molar-refractivity contribution < 1.29 is 9.15 Å². The number of ether oxygens (including phenoxy) is 1. The van der Waals surface area contributed by atoms with E-state index >= 15 is 0 Å². The van der Waals surface area contributed by atoms with Gasteiger partial charge in [-0.3, -0.25) is 0 Å². The van der Waals surface area contributed by atoms with E-state index in [1.165, 1.54) is 55.1 Å². The molecule has 2 nitrogen and oxygen atoms in total. The van der Waals surface area contributed by atoms with Crippen molar-refractivity contribution >= 4 is 43.5 Å². The smallest absolute Gasteiger partial charge is 0.136 e. The molecule has 1 aliphatic heterocycles. The van der Waals surface area contributed by atoms with Crippen LogP contribution in [-0.4, -0.2) is 0 Å². The highest BCUT2D eigenvalue weighted by Crippen LogP contribution is 2.52. The van der Waals surface area contributed by atoms with E-state index in [9.17, 15) is 0 Å². The first-order chi connectivity index (χ1) is 24.0. The summed E-state index contributed by atoms with van der Waals surface area (Å²) < 4.78 is 13.1. The van der Waals surface area contributed by atoms with Crippen LogP contribution in [0.25, 0.3) is 88.0 Å². The summed E-state index contributed by atoms with van der Waals surface area (Å²) in [7, 11) is 0. The van der Waals surface area contributed by atoms with Crippen LogP contribution >= 0.6 is 0 Å². The van der Waals surface area contributed by atoms with Gasteiger partial charge in [0.25, 0.3) is 0 Å². The van der Waals surface area contributed by atoms with Crippen LogP contribution in [0.15, 0.2) is 150 Å². The summed E-state index contributed by atoms with van der Waals surface area (Å²) in [6.45, 7) is 4.69. The Hall–Kier alpha value is -6.12. The molecule has 8 aromatic carbocycles. The van der Waals surface area contributed by atoms with E-state index in [0.29, 0.717) is 0 Å². The molecule has 0 atom stereocenters. The average molecular weight is 627 g/mol. The molecule has 9 aromatic rings. The number of hydrogen-bond acceptors (Lipinski definition) is 2. The third-order valence-corrected chi connectivity index (χ3v) is 11.1. The van der Waals surface area contributed by atoms with Gasteiger partial charge in [0.05, 0.1) is 0 Å². The van der Waals surface area contributed by atoms with E-state index in [1.807, 2.05) is 0 Å². The Morgan fingerprint density at radius 1 is 0.408 bits per heavy atom. The molecule has 2 aliphatic rings. The van der Waals surface area contributed by atoms with Gasteiger partial charge in [-0.15, -0.1) is 0 Å². The van der Waals surface area contributed by atoms with Gasteiger partial charge in [-0.05, 0) is 109 Å². The zero-order chi connectivity index (χ0) is 32.4. The summed E-state index contributed by atoms with van der Waals surface area (Å²) in [6.07, 6.45) is 0. The Morgan fingerprint density at radius 3 is 2.02 bits per heavy atom. The van der Waals surface area contributed by atoms with Crippen LogP contribution in [-0.2, 0) is 5.41 Å². The molecule has 0 radical (unpaired) electrons. The molecule has 0 N–H and O–H groups in total. The van der Waals surface area contributed by atoms with Crippen molar-refractivity contribution in [1.82, 2.24) is 0 Å². The van der Waals surface area contributed by atoms with Crippen LogP contribution < -0.4 is 4.74 Å².